The minimum absolute atomic E-state index is 0.104. The van der Waals surface area contributed by atoms with Crippen LogP contribution in [0.15, 0.2) is 60.9 Å². The third kappa shape index (κ3) is 4.95. The highest BCUT2D eigenvalue weighted by Crippen LogP contribution is 2.25. The monoisotopic (exact) mass is 433 g/mol. The summed E-state index contributed by atoms with van der Waals surface area (Å²) in [6.07, 6.45) is 3.53. The Hall–Kier alpha value is -3.58. The van der Waals surface area contributed by atoms with E-state index in [1.165, 1.54) is 6.07 Å². The maximum absolute atomic E-state index is 13.5. The highest BCUT2D eigenvalue weighted by molar-refractivity contribution is 7.81. The second kappa shape index (κ2) is 9.06. The molecule has 0 unspecified atom stereocenters. The first-order chi connectivity index (χ1) is 14.7. The summed E-state index contributed by atoms with van der Waals surface area (Å²) in [5, 5.41) is 28.0. The average molecular weight is 434 g/mol. The molecular formula is C24H23N3O3S. The van der Waals surface area contributed by atoms with Crippen molar-refractivity contribution in [1.29, 1.82) is 0 Å². The SMILES string of the molecule is Cc1ccc(NC(=S)/C(=C(\[O-])c2ccc(C)c([N+](=O)[O-])c2)[n+]2cccc(C)c2)c(C)c1. The van der Waals surface area contributed by atoms with Crippen LogP contribution >= 0.6 is 12.2 Å². The second-order valence-corrected chi connectivity index (χ2v) is 7.91. The summed E-state index contributed by atoms with van der Waals surface area (Å²) >= 11 is 5.64. The Morgan fingerprint density at radius 3 is 2.39 bits per heavy atom. The molecule has 6 nitrogen and oxygen atoms in total. The summed E-state index contributed by atoms with van der Waals surface area (Å²) in [5.41, 5.74) is 4.66. The number of benzene rings is 2. The summed E-state index contributed by atoms with van der Waals surface area (Å²) in [5.74, 6) is -0.402. The van der Waals surface area contributed by atoms with Crippen molar-refractivity contribution in [3.63, 3.8) is 0 Å². The number of nitrogens with one attached hydrogen (secondary N) is 1. The zero-order chi connectivity index (χ0) is 22.7. The Bertz CT molecular complexity index is 1220. The van der Waals surface area contributed by atoms with Gasteiger partial charge in [-0.1, -0.05) is 42.0 Å². The number of pyridine rings is 1. The van der Waals surface area contributed by atoms with Crippen LogP contribution in [0.3, 0.4) is 0 Å². The van der Waals surface area contributed by atoms with Crippen LogP contribution in [0.1, 0.15) is 27.8 Å². The highest BCUT2D eigenvalue weighted by atomic mass is 32.1. The summed E-state index contributed by atoms with van der Waals surface area (Å²) in [4.78, 5) is 11.1. The average Bonchev–Trinajstić information content (AvgIpc) is 2.70. The fourth-order valence-corrected chi connectivity index (χ4v) is 3.60. The first kappa shape index (κ1) is 22.1. The topological polar surface area (TPSA) is 82.1 Å². The molecule has 31 heavy (non-hydrogen) atoms. The van der Waals surface area contributed by atoms with E-state index in [4.69, 9.17) is 12.2 Å². The quantitative estimate of drug-likeness (QED) is 0.163. The molecule has 0 radical (unpaired) electrons. The van der Waals surface area contributed by atoms with Crippen LogP contribution in [-0.4, -0.2) is 9.91 Å². The summed E-state index contributed by atoms with van der Waals surface area (Å²) < 4.78 is 1.65. The van der Waals surface area contributed by atoms with Crippen molar-refractivity contribution in [3.05, 3.63) is 98.9 Å². The zero-order valence-corrected chi connectivity index (χ0v) is 18.6. The van der Waals surface area contributed by atoms with Crippen LogP contribution < -0.4 is 15.0 Å². The van der Waals surface area contributed by atoms with Gasteiger partial charge in [0.1, 0.15) is 0 Å². The normalized spacial score (nSPS) is 11.6. The predicted octanol–water partition coefficient (Wildman–Crippen LogP) is 4.24. The van der Waals surface area contributed by atoms with E-state index in [2.05, 4.69) is 5.32 Å². The van der Waals surface area contributed by atoms with Gasteiger partial charge >= 0.3 is 0 Å². The summed E-state index contributed by atoms with van der Waals surface area (Å²) in [6.45, 7) is 7.51. The lowest BCUT2D eigenvalue weighted by Crippen LogP contribution is -2.40. The van der Waals surface area contributed by atoms with E-state index in [9.17, 15) is 15.2 Å². The van der Waals surface area contributed by atoms with E-state index >= 15 is 0 Å². The number of anilines is 1. The molecule has 0 atom stereocenters. The van der Waals surface area contributed by atoms with Crippen molar-refractivity contribution in [3.8, 4) is 0 Å². The first-order valence-corrected chi connectivity index (χ1v) is 10.1. The first-order valence-electron chi connectivity index (χ1n) is 9.71. The van der Waals surface area contributed by atoms with Gasteiger partial charge in [0, 0.05) is 28.9 Å². The van der Waals surface area contributed by atoms with Gasteiger partial charge in [0.25, 0.3) is 5.69 Å². The number of hydrogen-bond acceptors (Lipinski definition) is 4. The summed E-state index contributed by atoms with van der Waals surface area (Å²) in [6, 6.07) is 14.1. The molecule has 7 heteroatoms. The van der Waals surface area contributed by atoms with Crippen LogP contribution in [0, 0.1) is 37.8 Å². The van der Waals surface area contributed by atoms with E-state index in [0.29, 0.717) is 5.56 Å². The maximum atomic E-state index is 13.5. The Balaban J connectivity index is 2.15. The molecule has 158 valence electrons. The maximum Gasteiger partial charge on any atom is 0.272 e. The van der Waals surface area contributed by atoms with E-state index in [-0.39, 0.29) is 21.9 Å². The number of thiocarbonyl (C=S) groups is 1. The van der Waals surface area contributed by atoms with Gasteiger partial charge in [0.15, 0.2) is 17.4 Å². The number of aryl methyl sites for hydroxylation is 4. The predicted molar refractivity (Wildman–Crippen MR) is 124 cm³/mol. The Morgan fingerprint density at radius 1 is 1.00 bits per heavy atom. The fraction of sp³-hybridized carbons (Fsp3) is 0.167. The third-order valence-corrected chi connectivity index (χ3v) is 5.23. The molecule has 0 aliphatic heterocycles. The van der Waals surface area contributed by atoms with E-state index in [1.807, 2.05) is 51.1 Å². The molecule has 3 rings (SSSR count). The molecule has 2 aromatic carbocycles. The zero-order valence-electron chi connectivity index (χ0n) is 17.8. The number of aromatic nitrogens is 1. The van der Waals surface area contributed by atoms with Gasteiger partial charge in [-0.05, 0) is 56.7 Å². The lowest BCUT2D eigenvalue weighted by Gasteiger charge is -2.18. The van der Waals surface area contributed by atoms with Crippen molar-refractivity contribution >= 4 is 40.0 Å². The Labute approximate surface area is 186 Å². The lowest BCUT2D eigenvalue weighted by atomic mass is 10.1. The number of nitro groups is 1. The number of nitrogens with zero attached hydrogens (tertiary/aromatic N) is 2. The van der Waals surface area contributed by atoms with Gasteiger partial charge in [-0.3, -0.25) is 10.1 Å². The molecule has 0 aliphatic rings. The van der Waals surface area contributed by atoms with Crippen molar-refractivity contribution in [2.45, 2.75) is 27.7 Å². The highest BCUT2D eigenvalue weighted by Gasteiger charge is 2.21. The Kier molecular flexibility index (Phi) is 6.46. The molecule has 0 amide bonds. The minimum Gasteiger partial charge on any atom is -0.867 e. The standard InChI is InChI=1S/C24H23N3O3S/c1-15-7-10-20(18(4)12-15)25-24(31)22(26-11-5-6-16(2)14-26)23(28)19-9-8-17(3)21(13-19)27(29)30/h5-14H,1-4H3,(H-,25,28,31). The smallest absolute Gasteiger partial charge is 0.272 e. The third-order valence-electron chi connectivity index (χ3n) is 4.93. The van der Waals surface area contributed by atoms with Gasteiger partial charge in [-0.15, -0.1) is 0 Å². The number of nitro benzene ring substituents is 1. The minimum atomic E-state index is -0.488. The lowest BCUT2D eigenvalue weighted by molar-refractivity contribution is -0.578. The largest absolute Gasteiger partial charge is 0.867 e. The van der Waals surface area contributed by atoms with Gasteiger partial charge in [-0.2, -0.15) is 4.57 Å². The van der Waals surface area contributed by atoms with E-state index in [1.54, 1.807) is 36.0 Å². The molecule has 1 aromatic heterocycles. The van der Waals surface area contributed by atoms with Gasteiger partial charge in [-0.25, -0.2) is 0 Å². The number of rotatable bonds is 5. The van der Waals surface area contributed by atoms with Gasteiger partial charge in [0.2, 0.25) is 5.70 Å². The van der Waals surface area contributed by atoms with Crippen LogP contribution in [0.4, 0.5) is 11.4 Å². The van der Waals surface area contributed by atoms with Crippen LogP contribution in [0.25, 0.3) is 11.5 Å². The molecule has 3 aromatic rings. The molecule has 0 aliphatic carbocycles. The van der Waals surface area contributed by atoms with Gasteiger partial charge < -0.3 is 10.4 Å². The molecule has 1 N–H and O–H groups in total. The van der Waals surface area contributed by atoms with E-state index in [0.717, 1.165) is 22.4 Å². The van der Waals surface area contributed by atoms with Crippen molar-refractivity contribution < 1.29 is 14.6 Å². The summed E-state index contributed by atoms with van der Waals surface area (Å²) in [7, 11) is 0. The molecule has 0 bridgehead atoms. The van der Waals surface area contributed by atoms with Crippen LogP contribution in [-0.2, 0) is 0 Å². The molecule has 0 saturated heterocycles. The fourth-order valence-electron chi connectivity index (χ4n) is 3.29. The molecule has 0 spiro atoms. The number of hydrogen-bond donors (Lipinski definition) is 1. The van der Waals surface area contributed by atoms with Crippen molar-refractivity contribution in [2.24, 2.45) is 0 Å². The van der Waals surface area contributed by atoms with Gasteiger partial charge in [0.05, 0.1) is 4.92 Å². The molecular weight excluding hydrogens is 410 g/mol. The molecule has 1 heterocycles. The van der Waals surface area contributed by atoms with Crippen molar-refractivity contribution in [1.82, 2.24) is 0 Å². The Morgan fingerprint density at radius 2 is 1.74 bits per heavy atom. The van der Waals surface area contributed by atoms with Crippen LogP contribution in [0.2, 0.25) is 0 Å². The second-order valence-electron chi connectivity index (χ2n) is 7.50. The van der Waals surface area contributed by atoms with Crippen molar-refractivity contribution in [2.75, 3.05) is 5.32 Å². The molecule has 0 saturated carbocycles. The van der Waals surface area contributed by atoms with Crippen LogP contribution in [0.5, 0.6) is 0 Å². The molecule has 0 fully saturated rings. The van der Waals surface area contributed by atoms with E-state index < -0.39 is 10.7 Å².